The third kappa shape index (κ3) is 5.84. The lowest BCUT2D eigenvalue weighted by molar-refractivity contribution is 0.0649. The van der Waals surface area contributed by atoms with Crippen LogP contribution in [0, 0.1) is 17.8 Å². The lowest BCUT2D eigenvalue weighted by Crippen LogP contribution is -2.50. The first kappa shape index (κ1) is 20.9. The summed E-state index contributed by atoms with van der Waals surface area (Å²) in [5.74, 6) is 7.22. The number of amides is 1. The van der Waals surface area contributed by atoms with E-state index in [2.05, 4.69) is 34.4 Å². The second kappa shape index (κ2) is 10.6. The summed E-state index contributed by atoms with van der Waals surface area (Å²) in [7, 11) is 0. The molecule has 4 rings (SSSR count). The highest BCUT2D eigenvalue weighted by molar-refractivity contribution is 5.93. The van der Waals surface area contributed by atoms with Crippen LogP contribution in [0.5, 0.6) is 0 Å². The number of nitrogens with one attached hydrogen (secondary N) is 1. The molecule has 1 aliphatic rings. The summed E-state index contributed by atoms with van der Waals surface area (Å²) in [6, 6.07) is 29.7. The van der Waals surface area contributed by atoms with E-state index in [0.717, 1.165) is 24.0 Å². The van der Waals surface area contributed by atoms with Gasteiger partial charge in [0, 0.05) is 17.7 Å². The molecule has 1 amide bonds. The van der Waals surface area contributed by atoms with Crippen molar-refractivity contribution in [3.05, 3.63) is 108 Å². The Morgan fingerprint density at radius 1 is 0.871 bits per heavy atom. The Morgan fingerprint density at radius 3 is 2.10 bits per heavy atom. The van der Waals surface area contributed by atoms with Crippen molar-refractivity contribution < 1.29 is 4.79 Å². The van der Waals surface area contributed by atoms with Crippen LogP contribution in [-0.2, 0) is 6.54 Å². The third-order valence-corrected chi connectivity index (χ3v) is 5.80. The zero-order valence-electron chi connectivity index (χ0n) is 17.7. The van der Waals surface area contributed by atoms with Gasteiger partial charge in [-0.25, -0.2) is 5.01 Å². The van der Waals surface area contributed by atoms with Crippen molar-refractivity contribution in [3.8, 4) is 11.8 Å². The second-order valence-electron chi connectivity index (χ2n) is 8.05. The van der Waals surface area contributed by atoms with Crippen LogP contribution >= 0.6 is 0 Å². The molecule has 1 atom stereocenters. The maximum absolute atomic E-state index is 13.0. The molecule has 1 N–H and O–H groups in total. The van der Waals surface area contributed by atoms with Crippen LogP contribution in [0.25, 0.3) is 0 Å². The lowest BCUT2D eigenvalue weighted by atomic mass is 9.97. The molecule has 3 nitrogen and oxygen atoms in total. The van der Waals surface area contributed by atoms with E-state index >= 15 is 0 Å². The van der Waals surface area contributed by atoms with Crippen molar-refractivity contribution in [2.75, 3.05) is 0 Å². The van der Waals surface area contributed by atoms with Gasteiger partial charge in [-0.3, -0.25) is 10.2 Å². The standard InChI is InChI=1S/C28H28N2O/c31-28(26-18-8-3-9-19-26)29-30(22-24-14-6-2-7-15-24)27(25-16-10-11-17-25)21-20-23-12-4-1-5-13-23/h1-9,12-15,18-19,25,27H,10-11,16-17,22H2,(H,29,31). The van der Waals surface area contributed by atoms with Crippen molar-refractivity contribution in [3.63, 3.8) is 0 Å². The van der Waals surface area contributed by atoms with E-state index < -0.39 is 0 Å². The van der Waals surface area contributed by atoms with Crippen LogP contribution in [0.4, 0.5) is 0 Å². The summed E-state index contributed by atoms with van der Waals surface area (Å²) < 4.78 is 0. The predicted molar refractivity (Wildman–Crippen MR) is 125 cm³/mol. The zero-order chi connectivity index (χ0) is 21.3. The Labute approximate surface area is 185 Å². The molecule has 0 spiro atoms. The van der Waals surface area contributed by atoms with E-state index in [9.17, 15) is 4.79 Å². The molecule has 0 aliphatic heterocycles. The largest absolute Gasteiger partial charge is 0.283 e. The molecule has 0 saturated heterocycles. The Kier molecular flexibility index (Phi) is 7.16. The first-order chi connectivity index (χ1) is 15.3. The maximum Gasteiger partial charge on any atom is 0.265 e. The molecular formula is C28H28N2O. The Hall–Kier alpha value is -3.35. The lowest BCUT2D eigenvalue weighted by Gasteiger charge is -2.32. The van der Waals surface area contributed by atoms with Gasteiger partial charge in [-0.2, -0.15) is 0 Å². The summed E-state index contributed by atoms with van der Waals surface area (Å²) >= 11 is 0. The monoisotopic (exact) mass is 408 g/mol. The molecule has 0 bridgehead atoms. The van der Waals surface area contributed by atoms with Gasteiger partial charge in [0.25, 0.3) is 5.91 Å². The molecule has 1 unspecified atom stereocenters. The average Bonchev–Trinajstić information content (AvgIpc) is 3.36. The summed E-state index contributed by atoms with van der Waals surface area (Å²) in [6.07, 6.45) is 4.72. The number of hydrazine groups is 1. The smallest absolute Gasteiger partial charge is 0.265 e. The van der Waals surface area contributed by atoms with Gasteiger partial charge in [0.05, 0.1) is 6.04 Å². The normalized spacial score (nSPS) is 14.6. The summed E-state index contributed by atoms with van der Waals surface area (Å²) in [5, 5.41) is 2.05. The summed E-state index contributed by atoms with van der Waals surface area (Å²) in [6.45, 7) is 0.615. The number of nitrogens with zero attached hydrogens (tertiary/aromatic N) is 1. The van der Waals surface area contributed by atoms with Gasteiger partial charge in [-0.15, -0.1) is 0 Å². The minimum absolute atomic E-state index is 0.0458. The van der Waals surface area contributed by atoms with Crippen LogP contribution in [0.15, 0.2) is 91.0 Å². The van der Waals surface area contributed by atoms with Crippen molar-refractivity contribution in [2.45, 2.75) is 38.3 Å². The minimum Gasteiger partial charge on any atom is -0.283 e. The van der Waals surface area contributed by atoms with Gasteiger partial charge in [0.2, 0.25) is 0 Å². The number of carbonyl (C=O) groups is 1. The van der Waals surface area contributed by atoms with Gasteiger partial charge in [-0.05, 0) is 48.6 Å². The SMILES string of the molecule is O=C(NN(Cc1ccccc1)C(C#Cc1ccccc1)C1CCCC1)c1ccccc1. The fraction of sp³-hybridized carbons (Fsp3) is 0.250. The molecule has 1 aliphatic carbocycles. The molecule has 0 aromatic heterocycles. The van der Waals surface area contributed by atoms with E-state index in [4.69, 9.17) is 0 Å². The average molecular weight is 409 g/mol. The van der Waals surface area contributed by atoms with Gasteiger partial charge in [0.1, 0.15) is 0 Å². The third-order valence-electron chi connectivity index (χ3n) is 5.80. The first-order valence-electron chi connectivity index (χ1n) is 11.0. The molecule has 3 heteroatoms. The van der Waals surface area contributed by atoms with E-state index in [1.807, 2.05) is 78.9 Å². The highest BCUT2D eigenvalue weighted by Gasteiger charge is 2.30. The van der Waals surface area contributed by atoms with Crippen LogP contribution in [0.1, 0.15) is 47.2 Å². The number of carbonyl (C=O) groups excluding carboxylic acids is 1. The van der Waals surface area contributed by atoms with E-state index in [1.54, 1.807) is 0 Å². The van der Waals surface area contributed by atoms with Crippen molar-refractivity contribution >= 4 is 5.91 Å². The first-order valence-corrected chi connectivity index (χ1v) is 11.0. The maximum atomic E-state index is 13.0. The van der Waals surface area contributed by atoms with Crippen molar-refractivity contribution in [1.82, 2.24) is 10.4 Å². The van der Waals surface area contributed by atoms with Crippen LogP contribution in [0.3, 0.4) is 0 Å². The molecule has 3 aromatic carbocycles. The number of hydrogen-bond acceptors (Lipinski definition) is 2. The highest BCUT2D eigenvalue weighted by atomic mass is 16.2. The molecular weight excluding hydrogens is 380 g/mol. The van der Waals surface area contributed by atoms with E-state index in [1.165, 1.54) is 12.8 Å². The Balaban J connectivity index is 1.64. The number of hydrogen-bond donors (Lipinski definition) is 1. The fourth-order valence-corrected chi connectivity index (χ4v) is 4.17. The summed E-state index contributed by atoms with van der Waals surface area (Å²) in [5.41, 5.74) is 5.99. The van der Waals surface area contributed by atoms with Crippen LogP contribution in [0.2, 0.25) is 0 Å². The van der Waals surface area contributed by atoms with Gasteiger partial charge in [-0.1, -0.05) is 91.4 Å². The van der Waals surface area contributed by atoms with Crippen LogP contribution in [-0.4, -0.2) is 17.0 Å². The minimum atomic E-state index is -0.0963. The Morgan fingerprint density at radius 2 is 1.45 bits per heavy atom. The van der Waals surface area contributed by atoms with Gasteiger partial charge in [0.15, 0.2) is 0 Å². The highest BCUT2D eigenvalue weighted by Crippen LogP contribution is 2.30. The van der Waals surface area contributed by atoms with Crippen LogP contribution < -0.4 is 5.43 Å². The van der Waals surface area contributed by atoms with Crippen molar-refractivity contribution in [2.24, 2.45) is 5.92 Å². The molecule has 1 saturated carbocycles. The molecule has 0 radical (unpaired) electrons. The summed E-state index contributed by atoms with van der Waals surface area (Å²) in [4.78, 5) is 13.0. The number of benzene rings is 3. The number of rotatable bonds is 6. The van der Waals surface area contributed by atoms with Gasteiger partial charge < -0.3 is 0 Å². The quantitative estimate of drug-likeness (QED) is 0.435. The zero-order valence-corrected chi connectivity index (χ0v) is 17.7. The molecule has 1 fully saturated rings. The molecule has 0 heterocycles. The van der Waals surface area contributed by atoms with Crippen molar-refractivity contribution in [1.29, 1.82) is 0 Å². The molecule has 156 valence electrons. The van der Waals surface area contributed by atoms with Gasteiger partial charge >= 0.3 is 0 Å². The second-order valence-corrected chi connectivity index (χ2v) is 8.05. The molecule has 3 aromatic rings. The predicted octanol–water partition coefficient (Wildman–Crippen LogP) is 5.44. The molecule has 31 heavy (non-hydrogen) atoms. The fourth-order valence-electron chi connectivity index (χ4n) is 4.17. The van der Waals surface area contributed by atoms with E-state index in [0.29, 0.717) is 18.0 Å². The van der Waals surface area contributed by atoms with E-state index in [-0.39, 0.29) is 11.9 Å². The Bertz CT molecular complexity index is 1020. The topological polar surface area (TPSA) is 32.3 Å².